The summed E-state index contributed by atoms with van der Waals surface area (Å²) in [6.07, 6.45) is 3.59. The smallest absolute Gasteiger partial charge is 0.318 e. The second-order valence-corrected chi connectivity index (χ2v) is 5.86. The Labute approximate surface area is 124 Å². The second-order valence-electron chi connectivity index (χ2n) is 5.86. The average Bonchev–Trinajstić information content (AvgIpc) is 2.77. The highest BCUT2D eigenvalue weighted by molar-refractivity contribution is 5.84. The molecule has 4 N–H and O–H groups in total. The standard InChI is InChI=1S/C14H25N3O4/c1-3-4-8-17(9-11(15)18)13(21)16-10-6-5-7-14(10,2)12(19)20/h10H,3-9H2,1-2H3,(H2,15,18)(H,16,21)(H,19,20). The van der Waals surface area contributed by atoms with Crippen LogP contribution in [0.4, 0.5) is 4.79 Å². The minimum absolute atomic E-state index is 0.150. The zero-order valence-corrected chi connectivity index (χ0v) is 12.7. The Morgan fingerprint density at radius 1 is 1.43 bits per heavy atom. The first-order valence-corrected chi connectivity index (χ1v) is 7.38. The molecule has 0 bridgehead atoms. The molecule has 0 aromatic heterocycles. The zero-order chi connectivity index (χ0) is 16.0. The van der Waals surface area contributed by atoms with Gasteiger partial charge in [-0.1, -0.05) is 19.8 Å². The fourth-order valence-electron chi connectivity index (χ4n) is 2.68. The largest absolute Gasteiger partial charge is 0.481 e. The predicted octanol–water partition coefficient (Wildman–Crippen LogP) is 0.927. The fraction of sp³-hybridized carbons (Fsp3) is 0.786. The first-order valence-electron chi connectivity index (χ1n) is 7.38. The molecule has 7 nitrogen and oxygen atoms in total. The van der Waals surface area contributed by atoms with E-state index in [0.717, 1.165) is 19.3 Å². The van der Waals surface area contributed by atoms with Gasteiger partial charge in [-0.05, 0) is 26.2 Å². The van der Waals surface area contributed by atoms with Gasteiger partial charge in [-0.15, -0.1) is 0 Å². The van der Waals surface area contributed by atoms with Crippen molar-refractivity contribution in [2.45, 2.75) is 52.0 Å². The lowest BCUT2D eigenvalue weighted by molar-refractivity contribution is -0.148. The lowest BCUT2D eigenvalue weighted by Gasteiger charge is -2.30. The van der Waals surface area contributed by atoms with E-state index in [-0.39, 0.29) is 6.54 Å². The van der Waals surface area contributed by atoms with Crippen LogP contribution in [0.25, 0.3) is 0 Å². The maximum Gasteiger partial charge on any atom is 0.318 e. The van der Waals surface area contributed by atoms with Crippen molar-refractivity contribution in [2.24, 2.45) is 11.1 Å². The Kier molecular flexibility index (Phi) is 5.99. The van der Waals surface area contributed by atoms with Crippen molar-refractivity contribution in [1.29, 1.82) is 0 Å². The summed E-state index contributed by atoms with van der Waals surface area (Å²) in [4.78, 5) is 36.1. The van der Waals surface area contributed by atoms with Crippen LogP contribution in [0.3, 0.4) is 0 Å². The Balaban J connectivity index is 2.71. The van der Waals surface area contributed by atoms with E-state index in [4.69, 9.17) is 5.73 Å². The van der Waals surface area contributed by atoms with E-state index in [0.29, 0.717) is 19.4 Å². The third-order valence-corrected chi connectivity index (χ3v) is 4.16. The summed E-state index contributed by atoms with van der Waals surface area (Å²) in [5.41, 5.74) is 4.21. The number of hydrogen-bond acceptors (Lipinski definition) is 3. The van der Waals surface area contributed by atoms with Gasteiger partial charge in [0.05, 0.1) is 5.41 Å². The van der Waals surface area contributed by atoms with Crippen LogP contribution in [-0.4, -0.2) is 47.0 Å². The molecule has 1 aliphatic carbocycles. The number of nitrogens with two attached hydrogens (primary N) is 1. The van der Waals surface area contributed by atoms with E-state index < -0.39 is 29.4 Å². The van der Waals surface area contributed by atoms with Crippen molar-refractivity contribution in [3.05, 3.63) is 0 Å². The summed E-state index contributed by atoms with van der Waals surface area (Å²) >= 11 is 0. The number of carboxylic acid groups (broad SMARTS) is 1. The zero-order valence-electron chi connectivity index (χ0n) is 12.7. The monoisotopic (exact) mass is 299 g/mol. The highest BCUT2D eigenvalue weighted by atomic mass is 16.4. The predicted molar refractivity (Wildman–Crippen MR) is 77.6 cm³/mol. The molecule has 1 saturated carbocycles. The molecule has 1 rings (SSSR count). The minimum atomic E-state index is -0.946. The van der Waals surface area contributed by atoms with E-state index >= 15 is 0 Å². The fourth-order valence-corrected chi connectivity index (χ4v) is 2.68. The van der Waals surface area contributed by atoms with Gasteiger partial charge in [0.15, 0.2) is 0 Å². The molecule has 2 unspecified atom stereocenters. The molecule has 0 aliphatic heterocycles. The Bertz CT molecular complexity index is 413. The number of aliphatic carboxylic acids is 1. The van der Waals surface area contributed by atoms with Gasteiger partial charge in [0.2, 0.25) is 5.91 Å². The molecule has 0 heterocycles. The number of carbonyl (C=O) groups is 3. The maximum absolute atomic E-state index is 12.3. The normalized spacial score (nSPS) is 24.6. The molecule has 120 valence electrons. The van der Waals surface area contributed by atoms with Crippen molar-refractivity contribution in [3.63, 3.8) is 0 Å². The summed E-state index contributed by atoms with van der Waals surface area (Å²) in [5, 5.41) is 12.1. The summed E-state index contributed by atoms with van der Waals surface area (Å²) in [5.74, 6) is -1.48. The van der Waals surface area contributed by atoms with Crippen molar-refractivity contribution < 1.29 is 19.5 Å². The first-order chi connectivity index (χ1) is 9.81. The molecule has 0 aromatic carbocycles. The Morgan fingerprint density at radius 3 is 2.62 bits per heavy atom. The van der Waals surface area contributed by atoms with Gasteiger partial charge in [-0.2, -0.15) is 0 Å². The minimum Gasteiger partial charge on any atom is -0.481 e. The number of carboxylic acids is 1. The molecule has 0 radical (unpaired) electrons. The number of rotatable bonds is 7. The number of unbranched alkanes of at least 4 members (excludes halogenated alkanes) is 1. The van der Waals surface area contributed by atoms with Crippen molar-refractivity contribution in [3.8, 4) is 0 Å². The number of nitrogens with zero attached hydrogens (tertiary/aromatic N) is 1. The second kappa shape index (κ2) is 7.28. The number of hydrogen-bond donors (Lipinski definition) is 3. The maximum atomic E-state index is 12.3. The van der Waals surface area contributed by atoms with E-state index in [1.54, 1.807) is 6.92 Å². The molecular weight excluding hydrogens is 274 g/mol. The summed E-state index contributed by atoms with van der Waals surface area (Å²) < 4.78 is 0. The van der Waals surface area contributed by atoms with Crippen LogP contribution < -0.4 is 11.1 Å². The molecule has 3 amide bonds. The van der Waals surface area contributed by atoms with E-state index in [1.165, 1.54) is 4.90 Å². The molecule has 0 spiro atoms. The van der Waals surface area contributed by atoms with Gasteiger partial charge in [0.25, 0.3) is 0 Å². The van der Waals surface area contributed by atoms with Gasteiger partial charge in [0, 0.05) is 12.6 Å². The molecular formula is C14H25N3O4. The summed E-state index contributed by atoms with van der Waals surface area (Å²) in [6.45, 7) is 3.92. The quantitative estimate of drug-likeness (QED) is 0.649. The van der Waals surface area contributed by atoms with Gasteiger partial charge < -0.3 is 21.1 Å². The van der Waals surface area contributed by atoms with Crippen molar-refractivity contribution >= 4 is 17.9 Å². The Morgan fingerprint density at radius 2 is 2.10 bits per heavy atom. The molecule has 0 saturated heterocycles. The van der Waals surface area contributed by atoms with Crippen LogP contribution >= 0.6 is 0 Å². The number of nitrogens with one attached hydrogen (secondary N) is 1. The van der Waals surface area contributed by atoms with Gasteiger partial charge in [-0.25, -0.2) is 4.79 Å². The van der Waals surface area contributed by atoms with Crippen LogP contribution in [0.5, 0.6) is 0 Å². The van der Waals surface area contributed by atoms with Gasteiger partial charge in [-0.3, -0.25) is 9.59 Å². The highest BCUT2D eigenvalue weighted by Gasteiger charge is 2.46. The number of amides is 3. The number of primary amides is 1. The molecule has 2 atom stereocenters. The van der Waals surface area contributed by atoms with Crippen LogP contribution in [0.15, 0.2) is 0 Å². The average molecular weight is 299 g/mol. The molecule has 1 fully saturated rings. The summed E-state index contributed by atoms with van der Waals surface area (Å²) in [7, 11) is 0. The molecule has 0 aromatic rings. The van der Waals surface area contributed by atoms with Crippen LogP contribution in [-0.2, 0) is 9.59 Å². The lowest BCUT2D eigenvalue weighted by atomic mass is 9.85. The molecule has 7 heteroatoms. The van der Waals surface area contributed by atoms with Crippen LogP contribution in [0.1, 0.15) is 46.0 Å². The lowest BCUT2D eigenvalue weighted by Crippen LogP contribution is -2.53. The topological polar surface area (TPSA) is 113 Å². The van der Waals surface area contributed by atoms with E-state index in [1.807, 2.05) is 6.92 Å². The van der Waals surface area contributed by atoms with Crippen LogP contribution in [0, 0.1) is 5.41 Å². The van der Waals surface area contributed by atoms with Gasteiger partial charge >= 0.3 is 12.0 Å². The highest BCUT2D eigenvalue weighted by Crippen LogP contribution is 2.38. The molecule has 1 aliphatic rings. The van der Waals surface area contributed by atoms with E-state index in [9.17, 15) is 19.5 Å². The van der Waals surface area contributed by atoms with E-state index in [2.05, 4.69) is 5.32 Å². The SMILES string of the molecule is CCCCN(CC(N)=O)C(=O)NC1CCCC1(C)C(=O)O. The third-order valence-electron chi connectivity index (χ3n) is 4.16. The van der Waals surface area contributed by atoms with Gasteiger partial charge in [0.1, 0.15) is 6.54 Å². The number of urea groups is 1. The first kappa shape index (κ1) is 17.3. The number of carbonyl (C=O) groups excluding carboxylic acids is 2. The van der Waals surface area contributed by atoms with Crippen molar-refractivity contribution in [2.75, 3.05) is 13.1 Å². The van der Waals surface area contributed by atoms with Crippen molar-refractivity contribution in [1.82, 2.24) is 10.2 Å². The third kappa shape index (κ3) is 4.34. The Hall–Kier alpha value is -1.79. The van der Waals surface area contributed by atoms with Crippen LogP contribution in [0.2, 0.25) is 0 Å². The molecule has 21 heavy (non-hydrogen) atoms. The summed E-state index contributed by atoms with van der Waals surface area (Å²) in [6, 6.07) is -0.832.